The smallest absolute Gasteiger partial charge is 0.265 e. The average Bonchev–Trinajstić information content (AvgIpc) is 3.10. The highest BCUT2D eigenvalue weighted by molar-refractivity contribution is 7.13. The van der Waals surface area contributed by atoms with Crippen LogP contribution in [0.2, 0.25) is 0 Å². The minimum Gasteiger partial charge on any atom is -0.347 e. The fraction of sp³-hybridized carbons (Fsp3) is 0.391. The van der Waals surface area contributed by atoms with Crippen molar-refractivity contribution in [3.8, 4) is 11.1 Å². The zero-order valence-corrected chi connectivity index (χ0v) is 19.0. The first-order chi connectivity index (χ1) is 14.8. The molecule has 2 aromatic heterocycles. The number of halogens is 1. The van der Waals surface area contributed by atoms with Crippen LogP contribution in [0.1, 0.15) is 44.8 Å². The van der Waals surface area contributed by atoms with Crippen LogP contribution in [-0.2, 0) is 0 Å². The molecule has 3 aromatic rings. The number of carbonyl (C=O) groups is 1. The molecule has 3 heterocycles. The van der Waals surface area contributed by atoms with E-state index in [9.17, 15) is 9.18 Å². The Kier molecular flexibility index (Phi) is 6.00. The Morgan fingerprint density at radius 1 is 1.26 bits per heavy atom. The van der Waals surface area contributed by atoms with Crippen LogP contribution in [0, 0.1) is 19.7 Å². The molecule has 1 atom stereocenters. The van der Waals surface area contributed by atoms with Crippen molar-refractivity contribution in [2.75, 3.05) is 32.1 Å². The van der Waals surface area contributed by atoms with E-state index in [1.54, 1.807) is 12.3 Å². The first kappa shape index (κ1) is 21.4. The number of rotatable bonds is 4. The summed E-state index contributed by atoms with van der Waals surface area (Å²) < 4.78 is 13.9. The molecular formula is C23H26FN5OS. The van der Waals surface area contributed by atoms with Gasteiger partial charge < -0.3 is 9.80 Å². The summed E-state index contributed by atoms with van der Waals surface area (Å²) in [6.07, 6.45) is 3.57. The van der Waals surface area contributed by atoms with Gasteiger partial charge in [0, 0.05) is 44.9 Å². The number of amides is 1. The molecule has 1 aromatic carbocycles. The van der Waals surface area contributed by atoms with E-state index in [4.69, 9.17) is 4.98 Å². The standard InChI is InChI=1S/C23H26FN5OS/c1-14-21(31-15(2)26-14)22(30)29-10-6-8-17(13-29)20-19(12-25-23(27-20)28(3)4)16-7-5-9-18(24)11-16/h5,7,9,11-12,17H,6,8,10,13H2,1-4H3. The molecule has 1 amide bonds. The van der Waals surface area contributed by atoms with Crippen molar-refractivity contribution in [1.82, 2.24) is 19.9 Å². The van der Waals surface area contributed by atoms with Gasteiger partial charge in [0.05, 0.1) is 16.4 Å². The third-order valence-corrected chi connectivity index (χ3v) is 6.60. The zero-order chi connectivity index (χ0) is 22.1. The fourth-order valence-electron chi connectivity index (χ4n) is 4.05. The molecule has 8 heteroatoms. The number of likely N-dealkylation sites (tertiary alicyclic amines) is 1. The van der Waals surface area contributed by atoms with Crippen molar-refractivity contribution in [1.29, 1.82) is 0 Å². The summed E-state index contributed by atoms with van der Waals surface area (Å²) in [7, 11) is 3.79. The van der Waals surface area contributed by atoms with E-state index in [2.05, 4.69) is 9.97 Å². The molecule has 0 N–H and O–H groups in total. The molecule has 31 heavy (non-hydrogen) atoms. The Bertz CT molecular complexity index is 1110. The normalized spacial score (nSPS) is 16.4. The molecule has 1 unspecified atom stereocenters. The Morgan fingerprint density at radius 2 is 2.06 bits per heavy atom. The number of aryl methyl sites for hydroxylation is 2. The lowest BCUT2D eigenvalue weighted by Crippen LogP contribution is -2.39. The quantitative estimate of drug-likeness (QED) is 0.601. The van der Waals surface area contributed by atoms with Crippen LogP contribution >= 0.6 is 11.3 Å². The largest absolute Gasteiger partial charge is 0.347 e. The minimum absolute atomic E-state index is 0.0296. The summed E-state index contributed by atoms with van der Waals surface area (Å²) in [5, 5.41) is 0.897. The van der Waals surface area contributed by atoms with Gasteiger partial charge in [0.25, 0.3) is 5.91 Å². The number of nitrogens with zero attached hydrogens (tertiary/aromatic N) is 5. The minimum atomic E-state index is -0.295. The van der Waals surface area contributed by atoms with Crippen molar-refractivity contribution in [2.24, 2.45) is 0 Å². The topological polar surface area (TPSA) is 62.2 Å². The molecular weight excluding hydrogens is 413 g/mol. The molecule has 1 aliphatic heterocycles. The summed E-state index contributed by atoms with van der Waals surface area (Å²) in [5.41, 5.74) is 3.21. The first-order valence-corrected chi connectivity index (χ1v) is 11.2. The van der Waals surface area contributed by atoms with Crippen LogP contribution in [0.5, 0.6) is 0 Å². The van der Waals surface area contributed by atoms with E-state index < -0.39 is 0 Å². The number of benzene rings is 1. The molecule has 0 radical (unpaired) electrons. The molecule has 0 spiro atoms. The summed E-state index contributed by atoms with van der Waals surface area (Å²) in [5.74, 6) is 0.387. The Labute approximate surface area is 185 Å². The number of thiazole rings is 1. The van der Waals surface area contributed by atoms with Crippen molar-refractivity contribution in [3.63, 3.8) is 0 Å². The third-order valence-electron chi connectivity index (χ3n) is 5.53. The third kappa shape index (κ3) is 4.44. The first-order valence-electron chi connectivity index (χ1n) is 10.4. The molecule has 6 nitrogen and oxygen atoms in total. The Balaban J connectivity index is 1.69. The molecule has 4 rings (SSSR count). The summed E-state index contributed by atoms with van der Waals surface area (Å²) in [4.78, 5) is 31.4. The number of piperidine rings is 1. The second-order valence-electron chi connectivity index (χ2n) is 8.11. The lowest BCUT2D eigenvalue weighted by molar-refractivity contribution is 0.0710. The number of aromatic nitrogens is 3. The molecule has 0 saturated carbocycles. The van der Waals surface area contributed by atoms with Gasteiger partial charge >= 0.3 is 0 Å². The molecule has 0 aliphatic carbocycles. The summed E-state index contributed by atoms with van der Waals surface area (Å²) in [6, 6.07) is 6.50. The van der Waals surface area contributed by atoms with Crippen LogP contribution < -0.4 is 4.90 Å². The number of hydrogen-bond donors (Lipinski definition) is 0. The van der Waals surface area contributed by atoms with E-state index in [1.807, 2.05) is 43.8 Å². The van der Waals surface area contributed by atoms with E-state index in [1.165, 1.54) is 23.5 Å². The van der Waals surface area contributed by atoms with Crippen molar-refractivity contribution in [3.05, 3.63) is 57.6 Å². The summed E-state index contributed by atoms with van der Waals surface area (Å²) in [6.45, 7) is 5.09. The maximum Gasteiger partial charge on any atom is 0.265 e. The van der Waals surface area contributed by atoms with Gasteiger partial charge in [-0.05, 0) is 44.4 Å². The SMILES string of the molecule is Cc1nc(C)c(C(=O)N2CCCC(c3nc(N(C)C)ncc3-c3cccc(F)c3)C2)s1. The van der Waals surface area contributed by atoms with Gasteiger partial charge in [0.1, 0.15) is 10.7 Å². The van der Waals surface area contributed by atoms with E-state index in [0.29, 0.717) is 23.9 Å². The van der Waals surface area contributed by atoms with Gasteiger partial charge in [-0.3, -0.25) is 4.79 Å². The van der Waals surface area contributed by atoms with Gasteiger partial charge in [-0.1, -0.05) is 12.1 Å². The predicted molar refractivity (Wildman–Crippen MR) is 121 cm³/mol. The molecule has 1 aliphatic rings. The average molecular weight is 440 g/mol. The Morgan fingerprint density at radius 3 is 2.74 bits per heavy atom. The van der Waals surface area contributed by atoms with E-state index in [0.717, 1.165) is 40.4 Å². The number of anilines is 1. The van der Waals surface area contributed by atoms with Crippen LogP contribution in [0.3, 0.4) is 0 Å². The zero-order valence-electron chi connectivity index (χ0n) is 18.2. The van der Waals surface area contributed by atoms with Crippen LogP contribution in [-0.4, -0.2) is 52.9 Å². The monoisotopic (exact) mass is 439 g/mol. The predicted octanol–water partition coefficient (Wildman–Crippen LogP) is 4.44. The highest BCUT2D eigenvalue weighted by Gasteiger charge is 2.30. The lowest BCUT2D eigenvalue weighted by Gasteiger charge is -2.33. The van der Waals surface area contributed by atoms with Gasteiger partial charge in [0.15, 0.2) is 0 Å². The van der Waals surface area contributed by atoms with Gasteiger partial charge in [0.2, 0.25) is 5.95 Å². The van der Waals surface area contributed by atoms with Crippen molar-refractivity contribution < 1.29 is 9.18 Å². The van der Waals surface area contributed by atoms with E-state index >= 15 is 0 Å². The Hall–Kier alpha value is -2.87. The van der Waals surface area contributed by atoms with E-state index in [-0.39, 0.29) is 17.6 Å². The van der Waals surface area contributed by atoms with Gasteiger partial charge in [-0.15, -0.1) is 11.3 Å². The van der Waals surface area contributed by atoms with Crippen LogP contribution in [0.25, 0.3) is 11.1 Å². The molecule has 1 saturated heterocycles. The number of hydrogen-bond acceptors (Lipinski definition) is 6. The van der Waals surface area contributed by atoms with Gasteiger partial charge in [-0.2, -0.15) is 0 Å². The molecule has 1 fully saturated rings. The van der Waals surface area contributed by atoms with Gasteiger partial charge in [-0.25, -0.2) is 19.3 Å². The van der Waals surface area contributed by atoms with Crippen LogP contribution in [0.15, 0.2) is 30.5 Å². The second-order valence-corrected chi connectivity index (χ2v) is 9.31. The maximum absolute atomic E-state index is 13.9. The highest BCUT2D eigenvalue weighted by Crippen LogP contribution is 2.35. The van der Waals surface area contributed by atoms with Crippen molar-refractivity contribution >= 4 is 23.2 Å². The molecule has 162 valence electrons. The van der Waals surface area contributed by atoms with Crippen LogP contribution in [0.4, 0.5) is 10.3 Å². The molecule has 0 bridgehead atoms. The maximum atomic E-state index is 13.9. The second kappa shape index (κ2) is 8.70. The highest BCUT2D eigenvalue weighted by atomic mass is 32.1. The summed E-state index contributed by atoms with van der Waals surface area (Å²) >= 11 is 1.44. The van der Waals surface area contributed by atoms with Crippen molar-refractivity contribution in [2.45, 2.75) is 32.6 Å². The lowest BCUT2D eigenvalue weighted by atomic mass is 9.89. The fourth-order valence-corrected chi connectivity index (χ4v) is 4.94. The number of carbonyl (C=O) groups excluding carboxylic acids is 1.